The van der Waals surface area contributed by atoms with Gasteiger partial charge in [-0.1, -0.05) is 11.6 Å². The molecule has 6 heteroatoms. The van der Waals surface area contributed by atoms with Crippen molar-refractivity contribution in [1.82, 2.24) is 15.0 Å². The molecule has 1 saturated carbocycles. The molecule has 0 N–H and O–H groups in total. The van der Waals surface area contributed by atoms with Gasteiger partial charge in [0.25, 0.3) is 0 Å². The standard InChI is InChI=1S/C15H17N3O3/c1-20-11-6-7-13(14(8-11)21-2)18-15(10-4-3-5-10)12(9-19)16-17-18/h6-10H,3-5H2,1-2H3. The van der Waals surface area contributed by atoms with Crippen molar-refractivity contribution in [2.75, 3.05) is 14.2 Å². The topological polar surface area (TPSA) is 66.2 Å². The van der Waals surface area contributed by atoms with E-state index in [4.69, 9.17) is 9.47 Å². The first kappa shape index (κ1) is 13.6. The lowest BCUT2D eigenvalue weighted by atomic mass is 9.82. The largest absolute Gasteiger partial charge is 0.497 e. The molecule has 0 bridgehead atoms. The monoisotopic (exact) mass is 287 g/mol. The molecule has 1 aromatic heterocycles. The van der Waals surface area contributed by atoms with Crippen LogP contribution in [0.15, 0.2) is 18.2 Å². The summed E-state index contributed by atoms with van der Waals surface area (Å²) in [4.78, 5) is 11.2. The maximum atomic E-state index is 11.2. The maximum Gasteiger partial charge on any atom is 0.172 e. The van der Waals surface area contributed by atoms with Gasteiger partial charge in [0.2, 0.25) is 0 Å². The van der Waals surface area contributed by atoms with Crippen LogP contribution in [0.2, 0.25) is 0 Å². The van der Waals surface area contributed by atoms with Crippen molar-refractivity contribution in [3.63, 3.8) is 0 Å². The number of hydrogen-bond acceptors (Lipinski definition) is 5. The Bertz CT molecular complexity index is 662. The first-order valence-corrected chi connectivity index (χ1v) is 6.91. The molecule has 0 spiro atoms. The zero-order chi connectivity index (χ0) is 14.8. The molecular formula is C15H17N3O3. The van der Waals surface area contributed by atoms with Gasteiger partial charge in [0.15, 0.2) is 6.29 Å². The van der Waals surface area contributed by atoms with Crippen molar-refractivity contribution in [3.8, 4) is 17.2 Å². The highest BCUT2D eigenvalue weighted by molar-refractivity contribution is 5.74. The second kappa shape index (κ2) is 5.55. The molecule has 0 saturated heterocycles. The van der Waals surface area contributed by atoms with Gasteiger partial charge in [-0.2, -0.15) is 0 Å². The molecule has 0 atom stereocenters. The predicted octanol–water partition coefficient (Wildman–Crippen LogP) is 2.36. The van der Waals surface area contributed by atoms with Crippen LogP contribution in [0.3, 0.4) is 0 Å². The van der Waals surface area contributed by atoms with Crippen LogP contribution in [0.25, 0.3) is 5.69 Å². The SMILES string of the molecule is COc1ccc(-n2nnc(C=O)c2C2CCC2)c(OC)c1. The fraction of sp³-hybridized carbons (Fsp3) is 0.400. The van der Waals surface area contributed by atoms with Crippen molar-refractivity contribution in [1.29, 1.82) is 0 Å². The Hall–Kier alpha value is -2.37. The third-order valence-corrected chi connectivity index (χ3v) is 3.95. The molecule has 0 amide bonds. The van der Waals surface area contributed by atoms with Gasteiger partial charge < -0.3 is 9.47 Å². The number of nitrogens with zero attached hydrogens (tertiary/aromatic N) is 3. The maximum absolute atomic E-state index is 11.2. The fourth-order valence-corrected chi connectivity index (χ4v) is 2.59. The molecule has 1 aliphatic carbocycles. The van der Waals surface area contributed by atoms with E-state index in [-0.39, 0.29) is 0 Å². The Morgan fingerprint density at radius 1 is 1.29 bits per heavy atom. The van der Waals surface area contributed by atoms with E-state index in [1.54, 1.807) is 25.0 Å². The van der Waals surface area contributed by atoms with Gasteiger partial charge >= 0.3 is 0 Å². The summed E-state index contributed by atoms with van der Waals surface area (Å²) < 4.78 is 12.3. The minimum atomic E-state index is 0.340. The molecule has 0 aliphatic heterocycles. The first-order valence-electron chi connectivity index (χ1n) is 6.91. The first-order chi connectivity index (χ1) is 10.3. The predicted molar refractivity (Wildman–Crippen MR) is 76.4 cm³/mol. The van der Waals surface area contributed by atoms with Crippen LogP contribution in [-0.2, 0) is 0 Å². The highest BCUT2D eigenvalue weighted by Gasteiger charge is 2.29. The minimum absolute atomic E-state index is 0.340. The van der Waals surface area contributed by atoms with Crippen molar-refractivity contribution < 1.29 is 14.3 Å². The molecule has 2 aromatic rings. The molecule has 0 unspecified atom stereocenters. The highest BCUT2D eigenvalue weighted by atomic mass is 16.5. The van der Waals surface area contributed by atoms with E-state index >= 15 is 0 Å². The molecule has 0 radical (unpaired) electrons. The number of carbonyl (C=O) groups excluding carboxylic acids is 1. The minimum Gasteiger partial charge on any atom is -0.497 e. The number of benzene rings is 1. The van der Waals surface area contributed by atoms with Gasteiger partial charge in [0, 0.05) is 12.0 Å². The zero-order valence-electron chi connectivity index (χ0n) is 12.1. The lowest BCUT2D eigenvalue weighted by Crippen LogP contribution is -2.16. The molecule has 1 fully saturated rings. The van der Waals surface area contributed by atoms with Crippen LogP contribution in [0, 0.1) is 0 Å². The average molecular weight is 287 g/mol. The molecule has 1 aliphatic rings. The second-order valence-electron chi connectivity index (χ2n) is 5.06. The number of aromatic nitrogens is 3. The van der Waals surface area contributed by atoms with Crippen molar-refractivity contribution in [2.24, 2.45) is 0 Å². The number of hydrogen-bond donors (Lipinski definition) is 0. The molecule has 6 nitrogen and oxygen atoms in total. The van der Waals surface area contributed by atoms with Crippen LogP contribution >= 0.6 is 0 Å². The van der Waals surface area contributed by atoms with E-state index in [1.165, 1.54) is 6.42 Å². The van der Waals surface area contributed by atoms with Crippen LogP contribution in [0.1, 0.15) is 41.4 Å². The van der Waals surface area contributed by atoms with E-state index in [1.807, 2.05) is 12.1 Å². The van der Waals surface area contributed by atoms with E-state index in [0.29, 0.717) is 23.1 Å². The Kier molecular flexibility index (Phi) is 3.60. The van der Waals surface area contributed by atoms with Crippen LogP contribution in [-0.4, -0.2) is 35.5 Å². The van der Waals surface area contributed by atoms with E-state index in [0.717, 1.165) is 30.5 Å². The molecule has 110 valence electrons. The normalized spacial score (nSPS) is 14.6. The Labute approximate surface area is 122 Å². The Balaban J connectivity index is 2.12. The quantitative estimate of drug-likeness (QED) is 0.790. The number of aldehydes is 1. The van der Waals surface area contributed by atoms with Crippen molar-refractivity contribution in [2.45, 2.75) is 25.2 Å². The smallest absolute Gasteiger partial charge is 0.172 e. The van der Waals surface area contributed by atoms with Gasteiger partial charge in [-0.05, 0) is 25.0 Å². The number of methoxy groups -OCH3 is 2. The average Bonchev–Trinajstić information content (AvgIpc) is 2.88. The summed E-state index contributed by atoms with van der Waals surface area (Å²) in [5.41, 5.74) is 2.05. The molecule has 1 aromatic carbocycles. The van der Waals surface area contributed by atoms with E-state index in [9.17, 15) is 4.79 Å². The van der Waals surface area contributed by atoms with Gasteiger partial charge in [-0.25, -0.2) is 4.68 Å². The lowest BCUT2D eigenvalue weighted by molar-refractivity contribution is 0.111. The third kappa shape index (κ3) is 2.26. The van der Waals surface area contributed by atoms with Gasteiger partial charge in [0.05, 0.1) is 19.9 Å². The van der Waals surface area contributed by atoms with E-state index < -0.39 is 0 Å². The molecular weight excluding hydrogens is 270 g/mol. The molecule has 3 rings (SSSR count). The number of carbonyl (C=O) groups is 1. The number of rotatable bonds is 5. The lowest BCUT2D eigenvalue weighted by Gasteiger charge is -2.26. The summed E-state index contributed by atoms with van der Waals surface area (Å²) in [5, 5.41) is 8.13. The summed E-state index contributed by atoms with van der Waals surface area (Å²) in [6.07, 6.45) is 4.07. The Morgan fingerprint density at radius 3 is 2.67 bits per heavy atom. The summed E-state index contributed by atoms with van der Waals surface area (Å²) in [7, 11) is 3.20. The van der Waals surface area contributed by atoms with Crippen LogP contribution in [0.4, 0.5) is 0 Å². The van der Waals surface area contributed by atoms with Crippen molar-refractivity contribution >= 4 is 6.29 Å². The van der Waals surface area contributed by atoms with Crippen LogP contribution in [0.5, 0.6) is 11.5 Å². The fourth-order valence-electron chi connectivity index (χ4n) is 2.59. The van der Waals surface area contributed by atoms with Gasteiger partial charge in [0.1, 0.15) is 22.9 Å². The summed E-state index contributed by atoms with van der Waals surface area (Å²) in [5.74, 6) is 1.68. The summed E-state index contributed by atoms with van der Waals surface area (Å²) in [6, 6.07) is 5.50. The van der Waals surface area contributed by atoms with Gasteiger partial charge in [-0.15, -0.1) is 5.10 Å². The van der Waals surface area contributed by atoms with Crippen LogP contribution < -0.4 is 9.47 Å². The third-order valence-electron chi connectivity index (χ3n) is 3.95. The molecule has 1 heterocycles. The Morgan fingerprint density at radius 2 is 2.10 bits per heavy atom. The molecule has 21 heavy (non-hydrogen) atoms. The van der Waals surface area contributed by atoms with Crippen molar-refractivity contribution in [3.05, 3.63) is 29.6 Å². The summed E-state index contributed by atoms with van der Waals surface area (Å²) >= 11 is 0. The summed E-state index contributed by atoms with van der Waals surface area (Å²) in [6.45, 7) is 0. The van der Waals surface area contributed by atoms with E-state index in [2.05, 4.69) is 10.3 Å². The highest BCUT2D eigenvalue weighted by Crippen LogP contribution is 2.39. The van der Waals surface area contributed by atoms with Gasteiger partial charge in [-0.3, -0.25) is 4.79 Å². The number of ether oxygens (including phenoxy) is 2. The zero-order valence-corrected chi connectivity index (χ0v) is 12.1. The second-order valence-corrected chi connectivity index (χ2v) is 5.06.